The lowest BCUT2D eigenvalue weighted by Crippen LogP contribution is -2.23. The Morgan fingerprint density at radius 2 is 2.33 bits per heavy atom. The van der Waals surface area contributed by atoms with Crippen molar-refractivity contribution in [3.8, 4) is 0 Å². The first-order chi connectivity index (χ1) is 7.13. The van der Waals surface area contributed by atoms with E-state index in [0.29, 0.717) is 0 Å². The molecule has 0 aliphatic heterocycles. The highest BCUT2D eigenvalue weighted by molar-refractivity contribution is 5.17. The average Bonchev–Trinajstić information content (AvgIpc) is 2.95. The zero-order valence-corrected chi connectivity index (χ0v) is 9.05. The standard InChI is InChI=1S/C11H17N3O/c1-2-9-8(7-13-10(15)14-9)3-4-11(12)5-6-11/h7H,2-6,12H2,1H3,(H,13,14,15). The molecule has 1 saturated carbocycles. The summed E-state index contributed by atoms with van der Waals surface area (Å²) in [5.41, 5.74) is 7.97. The van der Waals surface area contributed by atoms with E-state index < -0.39 is 0 Å². The highest BCUT2D eigenvalue weighted by atomic mass is 16.1. The monoisotopic (exact) mass is 207 g/mol. The Labute approximate surface area is 88.9 Å². The predicted molar refractivity (Wildman–Crippen MR) is 58.7 cm³/mol. The molecule has 1 aromatic heterocycles. The first-order valence-electron chi connectivity index (χ1n) is 5.49. The molecule has 0 saturated heterocycles. The highest BCUT2D eigenvalue weighted by Gasteiger charge is 2.37. The highest BCUT2D eigenvalue weighted by Crippen LogP contribution is 2.36. The molecule has 1 aliphatic carbocycles. The Balaban J connectivity index is 2.09. The lowest BCUT2D eigenvalue weighted by Gasteiger charge is -2.10. The van der Waals surface area contributed by atoms with Crippen molar-refractivity contribution in [1.29, 1.82) is 0 Å². The zero-order valence-electron chi connectivity index (χ0n) is 9.05. The molecule has 2 rings (SSSR count). The van der Waals surface area contributed by atoms with Gasteiger partial charge in [-0.25, -0.2) is 9.78 Å². The van der Waals surface area contributed by atoms with Crippen LogP contribution in [0.1, 0.15) is 37.4 Å². The molecular weight excluding hydrogens is 190 g/mol. The van der Waals surface area contributed by atoms with E-state index in [0.717, 1.165) is 43.4 Å². The van der Waals surface area contributed by atoms with Crippen LogP contribution < -0.4 is 11.4 Å². The average molecular weight is 207 g/mol. The molecule has 0 bridgehead atoms. The van der Waals surface area contributed by atoms with Crippen LogP contribution in [0.2, 0.25) is 0 Å². The number of hydrogen-bond donors (Lipinski definition) is 2. The Bertz CT molecular complexity index is 407. The van der Waals surface area contributed by atoms with Crippen molar-refractivity contribution in [1.82, 2.24) is 9.97 Å². The number of aryl methyl sites for hydroxylation is 2. The molecule has 82 valence electrons. The van der Waals surface area contributed by atoms with Gasteiger partial charge in [0.15, 0.2) is 0 Å². The number of rotatable bonds is 4. The summed E-state index contributed by atoms with van der Waals surface area (Å²) in [5, 5.41) is 0. The maximum Gasteiger partial charge on any atom is 0.345 e. The van der Waals surface area contributed by atoms with Gasteiger partial charge in [0.2, 0.25) is 0 Å². The van der Waals surface area contributed by atoms with E-state index in [2.05, 4.69) is 9.97 Å². The largest absolute Gasteiger partial charge is 0.345 e. The van der Waals surface area contributed by atoms with E-state index in [-0.39, 0.29) is 11.2 Å². The molecule has 3 N–H and O–H groups in total. The molecule has 15 heavy (non-hydrogen) atoms. The van der Waals surface area contributed by atoms with E-state index in [9.17, 15) is 4.79 Å². The molecule has 1 aliphatic rings. The lowest BCUT2D eigenvalue weighted by molar-refractivity contribution is 0.604. The summed E-state index contributed by atoms with van der Waals surface area (Å²) < 4.78 is 0. The van der Waals surface area contributed by atoms with Crippen LogP contribution in [-0.2, 0) is 12.8 Å². The number of aromatic amines is 1. The third-order valence-electron chi connectivity index (χ3n) is 3.12. The van der Waals surface area contributed by atoms with Gasteiger partial charge in [0.1, 0.15) is 0 Å². The fraction of sp³-hybridized carbons (Fsp3) is 0.636. The Morgan fingerprint density at radius 1 is 1.60 bits per heavy atom. The number of aromatic nitrogens is 2. The molecule has 4 heteroatoms. The van der Waals surface area contributed by atoms with Gasteiger partial charge in [0.05, 0.1) is 0 Å². The van der Waals surface area contributed by atoms with Crippen LogP contribution in [0.5, 0.6) is 0 Å². The summed E-state index contributed by atoms with van der Waals surface area (Å²) in [6.07, 6.45) is 6.70. The summed E-state index contributed by atoms with van der Waals surface area (Å²) >= 11 is 0. The normalized spacial score (nSPS) is 17.7. The van der Waals surface area contributed by atoms with Crippen LogP contribution >= 0.6 is 0 Å². The minimum absolute atomic E-state index is 0.0706. The molecule has 1 aromatic rings. The molecule has 0 aromatic carbocycles. The van der Waals surface area contributed by atoms with Crippen molar-refractivity contribution in [2.75, 3.05) is 0 Å². The number of H-pyrrole nitrogens is 1. The molecule has 1 heterocycles. The SMILES string of the molecule is CCc1[nH]c(=O)ncc1CCC1(N)CC1. The van der Waals surface area contributed by atoms with Gasteiger partial charge in [-0.05, 0) is 37.7 Å². The summed E-state index contributed by atoms with van der Waals surface area (Å²) in [7, 11) is 0. The van der Waals surface area contributed by atoms with Crippen LogP contribution in [0.3, 0.4) is 0 Å². The van der Waals surface area contributed by atoms with Crippen LogP contribution in [0.4, 0.5) is 0 Å². The third-order valence-corrected chi connectivity index (χ3v) is 3.12. The Morgan fingerprint density at radius 3 is 2.93 bits per heavy atom. The Kier molecular flexibility index (Phi) is 2.61. The Hall–Kier alpha value is -1.16. The van der Waals surface area contributed by atoms with Gasteiger partial charge < -0.3 is 10.7 Å². The number of nitrogens with one attached hydrogen (secondary N) is 1. The van der Waals surface area contributed by atoms with Crippen LogP contribution in [0.25, 0.3) is 0 Å². The second-order valence-electron chi connectivity index (χ2n) is 4.41. The number of nitrogens with zero attached hydrogens (tertiary/aromatic N) is 1. The second kappa shape index (κ2) is 3.77. The second-order valence-corrected chi connectivity index (χ2v) is 4.41. The molecule has 0 unspecified atom stereocenters. The van der Waals surface area contributed by atoms with Gasteiger partial charge in [-0.2, -0.15) is 0 Å². The van der Waals surface area contributed by atoms with Crippen molar-refractivity contribution >= 4 is 0 Å². The molecular formula is C11H17N3O. The van der Waals surface area contributed by atoms with Gasteiger partial charge in [-0.3, -0.25) is 0 Å². The van der Waals surface area contributed by atoms with Gasteiger partial charge in [-0.15, -0.1) is 0 Å². The third kappa shape index (κ3) is 2.45. The smallest absolute Gasteiger partial charge is 0.325 e. The lowest BCUT2D eigenvalue weighted by atomic mass is 10.0. The first kappa shape index (κ1) is 10.4. The summed E-state index contributed by atoms with van der Waals surface area (Å²) in [6.45, 7) is 2.03. The summed E-state index contributed by atoms with van der Waals surface area (Å²) in [6, 6.07) is 0. The zero-order chi connectivity index (χ0) is 10.9. The molecule has 1 fully saturated rings. The number of nitrogens with two attached hydrogens (primary N) is 1. The molecule has 4 nitrogen and oxygen atoms in total. The maximum absolute atomic E-state index is 11.0. The number of hydrogen-bond acceptors (Lipinski definition) is 3. The first-order valence-corrected chi connectivity index (χ1v) is 5.49. The summed E-state index contributed by atoms with van der Waals surface area (Å²) in [5.74, 6) is 0. The molecule has 0 amide bonds. The van der Waals surface area contributed by atoms with Crippen molar-refractivity contribution in [2.45, 2.75) is 44.6 Å². The van der Waals surface area contributed by atoms with E-state index in [4.69, 9.17) is 5.73 Å². The van der Waals surface area contributed by atoms with Crippen molar-refractivity contribution in [3.05, 3.63) is 27.9 Å². The van der Waals surface area contributed by atoms with Crippen molar-refractivity contribution in [2.24, 2.45) is 5.73 Å². The van der Waals surface area contributed by atoms with E-state index >= 15 is 0 Å². The van der Waals surface area contributed by atoms with Crippen LogP contribution in [0, 0.1) is 0 Å². The fourth-order valence-electron chi connectivity index (χ4n) is 1.78. The topological polar surface area (TPSA) is 71.8 Å². The maximum atomic E-state index is 11.0. The van der Waals surface area contributed by atoms with E-state index in [1.165, 1.54) is 0 Å². The molecule has 0 radical (unpaired) electrons. The van der Waals surface area contributed by atoms with Crippen LogP contribution in [0.15, 0.2) is 11.0 Å². The van der Waals surface area contributed by atoms with Gasteiger partial charge >= 0.3 is 5.69 Å². The predicted octanol–water partition coefficient (Wildman–Crippen LogP) is 0.756. The van der Waals surface area contributed by atoms with Crippen LogP contribution in [-0.4, -0.2) is 15.5 Å². The van der Waals surface area contributed by atoms with E-state index in [1.807, 2.05) is 6.92 Å². The van der Waals surface area contributed by atoms with Gasteiger partial charge in [0.25, 0.3) is 0 Å². The molecule has 0 spiro atoms. The van der Waals surface area contributed by atoms with Crippen molar-refractivity contribution in [3.63, 3.8) is 0 Å². The van der Waals surface area contributed by atoms with E-state index in [1.54, 1.807) is 6.20 Å². The van der Waals surface area contributed by atoms with Gasteiger partial charge in [0, 0.05) is 17.4 Å². The molecule has 0 atom stereocenters. The fourth-order valence-corrected chi connectivity index (χ4v) is 1.78. The van der Waals surface area contributed by atoms with Crippen molar-refractivity contribution < 1.29 is 0 Å². The summed E-state index contributed by atoms with van der Waals surface area (Å²) in [4.78, 5) is 17.6. The minimum Gasteiger partial charge on any atom is -0.325 e. The quantitative estimate of drug-likeness (QED) is 0.765. The minimum atomic E-state index is -0.260. The van der Waals surface area contributed by atoms with Gasteiger partial charge in [-0.1, -0.05) is 6.92 Å².